The van der Waals surface area contributed by atoms with Crippen molar-refractivity contribution in [1.82, 2.24) is 10.4 Å². The van der Waals surface area contributed by atoms with Gasteiger partial charge in [0, 0.05) is 6.54 Å². The van der Waals surface area contributed by atoms with Crippen molar-refractivity contribution < 1.29 is 14.4 Å². The number of nitrogens with two attached hydrogens (primary N) is 2. The molecule has 3 amide bonds. The third kappa shape index (κ3) is 4.17. The van der Waals surface area contributed by atoms with E-state index >= 15 is 0 Å². The summed E-state index contributed by atoms with van der Waals surface area (Å²) in [6.45, 7) is 0.685. The Morgan fingerprint density at radius 1 is 1.24 bits per heavy atom. The quantitative estimate of drug-likeness (QED) is 0.669. The van der Waals surface area contributed by atoms with Gasteiger partial charge in [-0.1, -0.05) is 30.3 Å². The molecule has 7 nitrogen and oxygen atoms in total. The second-order valence-electron chi connectivity index (χ2n) is 5.02. The number of hydroxylamine groups is 2. The summed E-state index contributed by atoms with van der Waals surface area (Å²) in [6, 6.07) is 8.30. The molecule has 21 heavy (non-hydrogen) atoms. The Hall–Kier alpha value is -2.12. The van der Waals surface area contributed by atoms with Gasteiger partial charge in [-0.05, 0) is 18.4 Å². The lowest BCUT2D eigenvalue weighted by Crippen LogP contribution is -2.55. The third-order valence-electron chi connectivity index (χ3n) is 3.49. The molecule has 1 saturated heterocycles. The zero-order valence-corrected chi connectivity index (χ0v) is 11.7. The summed E-state index contributed by atoms with van der Waals surface area (Å²) in [6.07, 6.45) is 1.16. The Morgan fingerprint density at radius 3 is 2.48 bits per heavy atom. The van der Waals surface area contributed by atoms with Crippen LogP contribution < -0.4 is 16.8 Å². The number of urea groups is 1. The van der Waals surface area contributed by atoms with Crippen LogP contribution >= 0.6 is 0 Å². The first-order valence-electron chi connectivity index (χ1n) is 6.86. The Kier molecular flexibility index (Phi) is 5.13. The van der Waals surface area contributed by atoms with Gasteiger partial charge in [0.2, 0.25) is 5.91 Å². The van der Waals surface area contributed by atoms with Crippen molar-refractivity contribution in [3.8, 4) is 0 Å². The SMILES string of the molecule is NC(=O)[C@@H]1CC[C@@H](N(OCc2ccccc2)C(N)=O)CN1. The number of nitrogens with zero attached hydrogens (tertiary/aromatic N) is 1. The van der Waals surface area contributed by atoms with Crippen LogP contribution in [0, 0.1) is 0 Å². The molecule has 1 aliphatic rings. The number of carbonyl (C=O) groups excluding carboxylic acids is 2. The van der Waals surface area contributed by atoms with Crippen LogP contribution in [0.4, 0.5) is 4.79 Å². The molecule has 114 valence electrons. The zero-order chi connectivity index (χ0) is 15.2. The van der Waals surface area contributed by atoms with Crippen LogP contribution in [0.1, 0.15) is 18.4 Å². The van der Waals surface area contributed by atoms with Crippen LogP contribution in [-0.4, -0.2) is 35.6 Å². The van der Waals surface area contributed by atoms with Gasteiger partial charge < -0.3 is 16.8 Å². The molecule has 2 atom stereocenters. The average Bonchev–Trinajstić information content (AvgIpc) is 2.48. The molecule has 0 spiro atoms. The van der Waals surface area contributed by atoms with E-state index in [-0.39, 0.29) is 24.6 Å². The molecule has 1 heterocycles. The van der Waals surface area contributed by atoms with E-state index in [1.807, 2.05) is 30.3 Å². The molecule has 1 aromatic carbocycles. The normalized spacial score (nSPS) is 21.7. The molecule has 1 aromatic rings. The fraction of sp³-hybridized carbons (Fsp3) is 0.429. The maximum Gasteiger partial charge on any atom is 0.339 e. The van der Waals surface area contributed by atoms with Gasteiger partial charge in [0.1, 0.15) is 6.61 Å². The van der Waals surface area contributed by atoms with Gasteiger partial charge in [-0.3, -0.25) is 9.63 Å². The summed E-state index contributed by atoms with van der Waals surface area (Å²) in [5.74, 6) is -0.385. The summed E-state index contributed by atoms with van der Waals surface area (Å²) < 4.78 is 0. The van der Waals surface area contributed by atoms with Gasteiger partial charge in [0.15, 0.2) is 0 Å². The Bertz CT molecular complexity index is 486. The summed E-state index contributed by atoms with van der Waals surface area (Å²) in [4.78, 5) is 28.2. The highest BCUT2D eigenvalue weighted by atomic mass is 16.7. The van der Waals surface area contributed by atoms with E-state index in [0.29, 0.717) is 19.4 Å². The number of piperidine rings is 1. The van der Waals surface area contributed by atoms with Crippen LogP contribution in [0.3, 0.4) is 0 Å². The predicted octanol–water partition coefficient (Wildman–Crippen LogP) is 0.105. The first kappa shape index (κ1) is 15.3. The summed E-state index contributed by atoms with van der Waals surface area (Å²) in [5.41, 5.74) is 11.6. The monoisotopic (exact) mass is 292 g/mol. The number of primary amides is 2. The first-order chi connectivity index (χ1) is 10.1. The molecule has 0 radical (unpaired) electrons. The van der Waals surface area contributed by atoms with Crippen LogP contribution in [-0.2, 0) is 16.2 Å². The molecular weight excluding hydrogens is 272 g/mol. The molecular formula is C14H20N4O3. The number of nitrogens with one attached hydrogen (secondary N) is 1. The van der Waals surface area contributed by atoms with Crippen molar-refractivity contribution in [2.45, 2.75) is 31.5 Å². The lowest BCUT2D eigenvalue weighted by molar-refractivity contribution is -0.157. The number of hydrogen-bond acceptors (Lipinski definition) is 4. The topological polar surface area (TPSA) is 111 Å². The second kappa shape index (κ2) is 7.05. The molecule has 0 saturated carbocycles. The molecule has 1 fully saturated rings. The maximum absolute atomic E-state index is 11.5. The van der Waals surface area contributed by atoms with Crippen molar-refractivity contribution in [1.29, 1.82) is 0 Å². The van der Waals surface area contributed by atoms with Gasteiger partial charge in [-0.15, -0.1) is 0 Å². The van der Waals surface area contributed by atoms with E-state index in [9.17, 15) is 9.59 Å². The summed E-state index contributed by atoms with van der Waals surface area (Å²) >= 11 is 0. The highest BCUT2D eigenvalue weighted by molar-refractivity contribution is 5.80. The number of amides is 3. The second-order valence-corrected chi connectivity index (χ2v) is 5.02. The van der Waals surface area contributed by atoms with Gasteiger partial charge in [0.25, 0.3) is 0 Å². The average molecular weight is 292 g/mol. The van der Waals surface area contributed by atoms with Gasteiger partial charge in [-0.2, -0.15) is 5.06 Å². The fourth-order valence-electron chi connectivity index (χ4n) is 2.35. The highest BCUT2D eigenvalue weighted by Gasteiger charge is 2.30. The molecule has 7 heteroatoms. The largest absolute Gasteiger partial charge is 0.368 e. The van der Waals surface area contributed by atoms with E-state index in [1.165, 1.54) is 5.06 Å². The van der Waals surface area contributed by atoms with Crippen LogP contribution in [0.2, 0.25) is 0 Å². The van der Waals surface area contributed by atoms with Crippen molar-refractivity contribution in [2.24, 2.45) is 11.5 Å². The Labute approximate surface area is 123 Å². The molecule has 1 aliphatic heterocycles. The minimum absolute atomic E-state index is 0.207. The van der Waals surface area contributed by atoms with Crippen LogP contribution in [0.15, 0.2) is 30.3 Å². The number of hydrogen-bond donors (Lipinski definition) is 3. The van der Waals surface area contributed by atoms with Crippen LogP contribution in [0.5, 0.6) is 0 Å². The number of carbonyl (C=O) groups is 2. The Morgan fingerprint density at radius 2 is 1.95 bits per heavy atom. The lowest BCUT2D eigenvalue weighted by Gasteiger charge is -2.34. The molecule has 0 aliphatic carbocycles. The smallest absolute Gasteiger partial charge is 0.339 e. The van der Waals surface area contributed by atoms with Crippen LogP contribution in [0.25, 0.3) is 0 Å². The molecule has 0 unspecified atom stereocenters. The highest BCUT2D eigenvalue weighted by Crippen LogP contribution is 2.15. The zero-order valence-electron chi connectivity index (χ0n) is 11.7. The van der Waals surface area contributed by atoms with E-state index in [2.05, 4.69) is 5.32 Å². The van der Waals surface area contributed by atoms with E-state index in [4.69, 9.17) is 16.3 Å². The maximum atomic E-state index is 11.5. The Balaban J connectivity index is 1.91. The van der Waals surface area contributed by atoms with Gasteiger partial charge >= 0.3 is 6.03 Å². The summed E-state index contributed by atoms with van der Waals surface area (Å²) in [7, 11) is 0. The van der Waals surface area contributed by atoms with Crippen molar-refractivity contribution in [3.05, 3.63) is 35.9 Å². The number of benzene rings is 1. The minimum atomic E-state index is -0.643. The van der Waals surface area contributed by atoms with Crippen molar-refractivity contribution >= 4 is 11.9 Å². The molecule has 0 aromatic heterocycles. The van der Waals surface area contributed by atoms with Gasteiger partial charge in [-0.25, -0.2) is 4.79 Å². The first-order valence-corrected chi connectivity index (χ1v) is 6.86. The third-order valence-corrected chi connectivity index (χ3v) is 3.49. The number of rotatable bonds is 5. The van der Waals surface area contributed by atoms with E-state index in [1.54, 1.807) is 0 Å². The molecule has 0 bridgehead atoms. The molecule has 2 rings (SSSR count). The fourth-order valence-corrected chi connectivity index (χ4v) is 2.35. The van der Waals surface area contributed by atoms with Crippen molar-refractivity contribution in [2.75, 3.05) is 6.54 Å². The van der Waals surface area contributed by atoms with E-state index in [0.717, 1.165) is 5.56 Å². The lowest BCUT2D eigenvalue weighted by atomic mass is 10.0. The summed E-state index contributed by atoms with van der Waals surface area (Å²) in [5, 5.41) is 4.18. The standard InChI is InChI=1S/C14H20N4O3/c15-13(19)12-7-6-11(8-17-12)18(14(16)20)21-9-10-4-2-1-3-5-10/h1-5,11-12,17H,6-9H2,(H2,15,19)(H2,16,20)/t11-,12+/m1/s1. The van der Waals surface area contributed by atoms with Gasteiger partial charge in [0.05, 0.1) is 12.1 Å². The van der Waals surface area contributed by atoms with Crippen molar-refractivity contribution in [3.63, 3.8) is 0 Å². The predicted molar refractivity (Wildman–Crippen MR) is 76.7 cm³/mol. The van der Waals surface area contributed by atoms with E-state index < -0.39 is 6.03 Å². The minimum Gasteiger partial charge on any atom is -0.368 e. The molecule has 5 N–H and O–H groups in total.